The van der Waals surface area contributed by atoms with Gasteiger partial charge in [-0.3, -0.25) is 25.0 Å². The van der Waals surface area contributed by atoms with Crippen LogP contribution in [0.2, 0.25) is 5.28 Å². The van der Waals surface area contributed by atoms with E-state index in [0.717, 1.165) is 4.88 Å². The monoisotopic (exact) mass is 521 g/mol. The third-order valence-electron chi connectivity index (χ3n) is 5.57. The predicted octanol–water partition coefficient (Wildman–Crippen LogP) is 2.16. The van der Waals surface area contributed by atoms with Gasteiger partial charge in [-0.25, -0.2) is 4.98 Å². The summed E-state index contributed by atoms with van der Waals surface area (Å²) >= 11 is 7.56. The zero-order valence-corrected chi connectivity index (χ0v) is 20.9. The minimum Gasteiger partial charge on any atom is -0.354 e. The van der Waals surface area contributed by atoms with Crippen LogP contribution >= 0.6 is 22.9 Å². The van der Waals surface area contributed by atoms with E-state index in [4.69, 9.17) is 25.8 Å². The maximum Gasteiger partial charge on any atom is 0.279 e. The van der Waals surface area contributed by atoms with Crippen molar-refractivity contribution in [2.24, 2.45) is 0 Å². The molecule has 0 spiro atoms. The third kappa shape index (κ3) is 4.45. The van der Waals surface area contributed by atoms with Crippen molar-refractivity contribution in [3.05, 3.63) is 33.5 Å². The van der Waals surface area contributed by atoms with E-state index >= 15 is 0 Å². The Balaban J connectivity index is 1.44. The minimum absolute atomic E-state index is 0.0679. The summed E-state index contributed by atoms with van der Waals surface area (Å²) in [5.41, 5.74) is 6.06. The van der Waals surface area contributed by atoms with Crippen LogP contribution in [-0.4, -0.2) is 62.0 Å². The van der Waals surface area contributed by atoms with Crippen molar-refractivity contribution in [1.82, 2.24) is 30.3 Å². The van der Waals surface area contributed by atoms with Crippen LogP contribution in [0.4, 0.5) is 5.82 Å². The Hall–Kier alpha value is -2.84. The number of thiophene rings is 1. The molecule has 186 valence electrons. The second-order valence-corrected chi connectivity index (χ2v) is 10.2. The van der Waals surface area contributed by atoms with Crippen LogP contribution in [0.15, 0.2) is 18.5 Å². The largest absolute Gasteiger partial charge is 0.354 e. The Morgan fingerprint density at radius 1 is 1.23 bits per heavy atom. The van der Waals surface area contributed by atoms with Crippen molar-refractivity contribution in [1.29, 1.82) is 0 Å². The highest BCUT2D eigenvalue weighted by Crippen LogP contribution is 2.44. The Kier molecular flexibility index (Phi) is 6.13. The molecule has 5 rings (SSSR count). The van der Waals surface area contributed by atoms with Crippen molar-refractivity contribution in [3.8, 4) is 0 Å². The number of fused-ring (bicyclic) bond motifs is 2. The summed E-state index contributed by atoms with van der Waals surface area (Å²) in [6.45, 7) is 7.76. The van der Waals surface area contributed by atoms with Gasteiger partial charge in [-0.1, -0.05) is 0 Å². The summed E-state index contributed by atoms with van der Waals surface area (Å²) in [4.78, 5) is 39.6. The van der Waals surface area contributed by atoms with E-state index < -0.39 is 30.3 Å². The van der Waals surface area contributed by atoms with Gasteiger partial charge >= 0.3 is 0 Å². The molecule has 2 amide bonds. The topological polar surface area (TPSA) is 142 Å². The second-order valence-electron chi connectivity index (χ2n) is 8.56. The first-order chi connectivity index (χ1) is 16.7. The van der Waals surface area contributed by atoms with Gasteiger partial charge < -0.3 is 19.5 Å². The second kappa shape index (κ2) is 8.99. The van der Waals surface area contributed by atoms with Crippen LogP contribution in [0.5, 0.6) is 0 Å². The molecule has 0 radical (unpaired) electrons. The van der Waals surface area contributed by atoms with E-state index in [9.17, 15) is 9.59 Å². The highest BCUT2D eigenvalue weighted by molar-refractivity contribution is 7.13. The lowest BCUT2D eigenvalue weighted by molar-refractivity contribution is -0.197. The molecule has 4 atom stereocenters. The van der Waals surface area contributed by atoms with E-state index in [0.29, 0.717) is 22.6 Å². The standard InChI is InChI=1S/C21H24ClN7O5S/c1-5-23-18(31)13-12-14(34-21(3,4)33-12)19(32-13)29-8-24-11-15(25-20(22)26-16(11)29)27-28-17(30)10-7-6-9(2)35-10/h6-8,12-14,19H,5H2,1-4H3,(H,23,31)(H,28,30)(H,25,26,27)/t12?,13?,14-,19?/m1/s1. The number of imidazole rings is 1. The fraction of sp³-hybridized carbons (Fsp3) is 0.476. The van der Waals surface area contributed by atoms with Gasteiger partial charge in [-0.05, 0) is 51.4 Å². The maximum absolute atomic E-state index is 12.7. The van der Waals surface area contributed by atoms with Crippen LogP contribution in [0, 0.1) is 6.92 Å². The summed E-state index contributed by atoms with van der Waals surface area (Å²) in [7, 11) is 0. The first-order valence-corrected chi connectivity index (χ1v) is 12.2. The van der Waals surface area contributed by atoms with E-state index in [1.54, 1.807) is 24.5 Å². The number of rotatable bonds is 6. The number of nitrogens with zero attached hydrogens (tertiary/aromatic N) is 4. The van der Waals surface area contributed by atoms with E-state index in [1.165, 1.54) is 17.7 Å². The van der Waals surface area contributed by atoms with Gasteiger partial charge in [-0.2, -0.15) is 9.97 Å². The fourth-order valence-electron chi connectivity index (χ4n) is 4.18. The predicted molar refractivity (Wildman–Crippen MR) is 127 cm³/mol. The highest BCUT2D eigenvalue weighted by atomic mass is 35.5. The van der Waals surface area contributed by atoms with Gasteiger partial charge in [0.2, 0.25) is 5.28 Å². The third-order valence-corrected chi connectivity index (χ3v) is 6.73. The van der Waals surface area contributed by atoms with Gasteiger partial charge in [0, 0.05) is 11.4 Å². The Bertz CT molecular complexity index is 1290. The zero-order chi connectivity index (χ0) is 24.9. The number of hydrogen-bond donors (Lipinski definition) is 3. The number of carbonyl (C=O) groups excluding carboxylic acids is 2. The molecule has 12 nitrogen and oxygen atoms in total. The Morgan fingerprint density at radius 2 is 2.00 bits per heavy atom. The molecule has 2 fully saturated rings. The van der Waals surface area contributed by atoms with E-state index in [1.807, 2.05) is 19.9 Å². The number of hydrogen-bond acceptors (Lipinski definition) is 10. The van der Waals surface area contributed by atoms with E-state index in [-0.39, 0.29) is 22.9 Å². The Morgan fingerprint density at radius 3 is 2.71 bits per heavy atom. The van der Waals surface area contributed by atoms with Crippen molar-refractivity contribution in [2.75, 3.05) is 12.0 Å². The quantitative estimate of drug-likeness (QED) is 0.328. The molecule has 2 aliphatic rings. The molecule has 0 aliphatic carbocycles. The van der Waals surface area contributed by atoms with Gasteiger partial charge in [0.15, 0.2) is 35.1 Å². The summed E-state index contributed by atoms with van der Waals surface area (Å²) in [5.74, 6) is -1.31. The van der Waals surface area contributed by atoms with Gasteiger partial charge in [0.25, 0.3) is 11.8 Å². The number of amides is 2. The molecule has 0 saturated carbocycles. The lowest BCUT2D eigenvalue weighted by Gasteiger charge is -2.24. The smallest absolute Gasteiger partial charge is 0.279 e. The number of aryl methyl sites for hydroxylation is 1. The average molecular weight is 522 g/mol. The van der Waals surface area contributed by atoms with Gasteiger partial charge in [-0.15, -0.1) is 11.3 Å². The number of carbonyl (C=O) groups is 2. The normalized spacial score (nSPS) is 24.9. The molecule has 3 aromatic heterocycles. The summed E-state index contributed by atoms with van der Waals surface area (Å²) in [6.07, 6.45) is -1.36. The molecule has 2 aliphatic heterocycles. The lowest BCUT2D eigenvalue weighted by Crippen LogP contribution is -2.42. The first kappa shape index (κ1) is 23.9. The van der Waals surface area contributed by atoms with Crippen molar-refractivity contribution >= 4 is 51.7 Å². The number of halogens is 1. The van der Waals surface area contributed by atoms with Crippen LogP contribution in [0.1, 0.15) is 41.5 Å². The highest BCUT2D eigenvalue weighted by Gasteiger charge is 2.58. The maximum atomic E-state index is 12.7. The molecule has 5 heterocycles. The van der Waals surface area contributed by atoms with Crippen molar-refractivity contribution in [3.63, 3.8) is 0 Å². The van der Waals surface area contributed by atoms with Crippen molar-refractivity contribution < 1.29 is 23.8 Å². The number of hydrazine groups is 1. The van der Waals surface area contributed by atoms with Crippen LogP contribution in [-0.2, 0) is 19.0 Å². The molecule has 2 saturated heterocycles. The first-order valence-electron chi connectivity index (χ1n) is 11.0. The van der Waals surface area contributed by atoms with Crippen molar-refractivity contribution in [2.45, 2.75) is 58.0 Å². The Labute approximate surface area is 209 Å². The van der Waals surface area contributed by atoms with E-state index in [2.05, 4.69) is 31.1 Å². The number of aromatic nitrogens is 4. The number of nitrogens with one attached hydrogen (secondary N) is 3. The summed E-state index contributed by atoms with van der Waals surface area (Å²) < 4.78 is 19.8. The number of ether oxygens (including phenoxy) is 3. The molecule has 14 heteroatoms. The SMILES string of the molecule is CCNC(=O)C1OC(n2cnc3c(NNC(=O)c4ccc(C)s4)nc(Cl)nc32)[C@@H]2OC(C)(C)OC12. The molecule has 35 heavy (non-hydrogen) atoms. The molecular formula is C21H24ClN7O5S. The minimum atomic E-state index is -0.901. The molecule has 3 N–H and O–H groups in total. The van der Waals surface area contributed by atoms with Crippen LogP contribution in [0.25, 0.3) is 11.2 Å². The molecule has 0 bridgehead atoms. The zero-order valence-electron chi connectivity index (χ0n) is 19.4. The van der Waals surface area contributed by atoms with Gasteiger partial charge in [0.05, 0.1) is 11.2 Å². The number of anilines is 1. The van der Waals surface area contributed by atoms with Gasteiger partial charge in [0.1, 0.15) is 12.2 Å². The summed E-state index contributed by atoms with van der Waals surface area (Å²) in [6, 6.07) is 3.60. The molecule has 0 aromatic carbocycles. The fourth-order valence-corrected chi connectivity index (χ4v) is 5.11. The summed E-state index contributed by atoms with van der Waals surface area (Å²) in [5, 5.41) is 2.70. The molecule has 3 unspecified atom stereocenters. The molecule has 3 aromatic rings. The average Bonchev–Trinajstić information content (AvgIpc) is 3.54. The lowest BCUT2D eigenvalue weighted by atomic mass is 10.1. The van der Waals surface area contributed by atoms with Crippen LogP contribution < -0.4 is 16.2 Å². The molecular weight excluding hydrogens is 498 g/mol. The number of likely N-dealkylation sites (N-methyl/N-ethyl adjacent to an activating group) is 1. The van der Waals surface area contributed by atoms with Crippen LogP contribution in [0.3, 0.4) is 0 Å².